The van der Waals surface area contributed by atoms with Gasteiger partial charge in [-0.3, -0.25) is 0 Å². The lowest BCUT2D eigenvalue weighted by atomic mass is 9.91. The smallest absolute Gasteiger partial charge is 0.222 e. The number of hydrogen-bond acceptors (Lipinski definition) is 5. The minimum atomic E-state index is -0.491. The first-order chi connectivity index (χ1) is 7.72. The second-order valence-corrected chi connectivity index (χ2v) is 3.90. The van der Waals surface area contributed by atoms with Crippen molar-refractivity contribution in [3.63, 3.8) is 0 Å². The van der Waals surface area contributed by atoms with Gasteiger partial charge in [-0.05, 0) is 19.3 Å². The molecule has 0 saturated heterocycles. The van der Waals surface area contributed by atoms with Gasteiger partial charge >= 0.3 is 0 Å². The van der Waals surface area contributed by atoms with E-state index in [2.05, 4.69) is 9.97 Å². The van der Waals surface area contributed by atoms with Gasteiger partial charge in [-0.25, -0.2) is 9.37 Å². The van der Waals surface area contributed by atoms with Crippen molar-refractivity contribution in [3.8, 4) is 0 Å². The highest BCUT2D eigenvalue weighted by Crippen LogP contribution is 2.29. The van der Waals surface area contributed by atoms with E-state index in [0.29, 0.717) is 6.54 Å². The van der Waals surface area contributed by atoms with Crippen molar-refractivity contribution < 1.29 is 9.50 Å². The number of anilines is 2. The van der Waals surface area contributed by atoms with Gasteiger partial charge in [0.05, 0.1) is 12.8 Å². The average Bonchev–Trinajstić information content (AvgIpc) is 2.18. The summed E-state index contributed by atoms with van der Waals surface area (Å²) in [5.74, 6) is -0.237. The first-order valence-electron chi connectivity index (χ1n) is 5.38. The molecule has 6 heteroatoms. The Morgan fingerprint density at radius 1 is 1.56 bits per heavy atom. The number of hydrogen-bond donors (Lipinski definition) is 2. The topological polar surface area (TPSA) is 75.3 Å². The van der Waals surface area contributed by atoms with Crippen LogP contribution in [0.25, 0.3) is 0 Å². The van der Waals surface area contributed by atoms with E-state index in [1.165, 1.54) is 0 Å². The van der Waals surface area contributed by atoms with Crippen LogP contribution in [0.15, 0.2) is 6.20 Å². The summed E-state index contributed by atoms with van der Waals surface area (Å²) in [6.07, 6.45) is 4.21. The van der Waals surface area contributed by atoms with E-state index in [-0.39, 0.29) is 24.4 Å². The maximum atomic E-state index is 13.6. The van der Waals surface area contributed by atoms with Crippen molar-refractivity contribution >= 4 is 11.8 Å². The molecule has 5 nitrogen and oxygen atoms in total. The molecule has 1 heterocycles. The molecule has 1 aliphatic carbocycles. The van der Waals surface area contributed by atoms with E-state index in [9.17, 15) is 4.39 Å². The van der Waals surface area contributed by atoms with Crippen LogP contribution in [0.5, 0.6) is 0 Å². The van der Waals surface area contributed by atoms with Gasteiger partial charge in [0, 0.05) is 12.6 Å². The van der Waals surface area contributed by atoms with Crippen LogP contribution >= 0.6 is 0 Å². The number of aromatic nitrogens is 2. The van der Waals surface area contributed by atoms with Crippen molar-refractivity contribution in [1.29, 1.82) is 0 Å². The van der Waals surface area contributed by atoms with Gasteiger partial charge in [-0.15, -0.1) is 0 Å². The zero-order valence-electron chi connectivity index (χ0n) is 8.93. The Bertz CT molecular complexity index is 370. The Balaban J connectivity index is 2.25. The quantitative estimate of drug-likeness (QED) is 0.784. The molecule has 1 aromatic rings. The van der Waals surface area contributed by atoms with E-state index in [4.69, 9.17) is 10.8 Å². The van der Waals surface area contributed by atoms with Gasteiger partial charge in [0.25, 0.3) is 0 Å². The van der Waals surface area contributed by atoms with Crippen LogP contribution in [0, 0.1) is 5.82 Å². The van der Waals surface area contributed by atoms with E-state index in [1.54, 1.807) is 4.90 Å². The van der Waals surface area contributed by atoms with Crippen LogP contribution in [-0.2, 0) is 0 Å². The summed E-state index contributed by atoms with van der Waals surface area (Å²) in [5, 5.41) is 8.99. The molecule has 0 unspecified atom stereocenters. The predicted molar refractivity (Wildman–Crippen MR) is 58.5 cm³/mol. The zero-order valence-corrected chi connectivity index (χ0v) is 8.93. The first-order valence-corrected chi connectivity index (χ1v) is 5.38. The Morgan fingerprint density at radius 3 is 2.88 bits per heavy atom. The van der Waals surface area contributed by atoms with Crippen LogP contribution in [0.3, 0.4) is 0 Å². The molecule has 0 spiro atoms. The van der Waals surface area contributed by atoms with Crippen LogP contribution in [0.4, 0.5) is 16.2 Å². The number of nitrogens with two attached hydrogens (primary N) is 1. The minimum Gasteiger partial charge on any atom is -0.395 e. The van der Waals surface area contributed by atoms with Gasteiger partial charge in [-0.1, -0.05) is 0 Å². The molecule has 0 aromatic carbocycles. The van der Waals surface area contributed by atoms with E-state index >= 15 is 0 Å². The molecular formula is C10H15FN4O. The van der Waals surface area contributed by atoms with Crippen molar-refractivity contribution in [3.05, 3.63) is 12.0 Å². The number of rotatable bonds is 4. The molecule has 0 atom stereocenters. The summed E-state index contributed by atoms with van der Waals surface area (Å²) in [6.45, 7) is 0.345. The highest BCUT2D eigenvalue weighted by atomic mass is 19.1. The lowest BCUT2D eigenvalue weighted by molar-refractivity contribution is 0.282. The lowest BCUT2D eigenvalue weighted by Gasteiger charge is -2.38. The fourth-order valence-electron chi connectivity index (χ4n) is 1.84. The summed E-state index contributed by atoms with van der Waals surface area (Å²) < 4.78 is 13.6. The lowest BCUT2D eigenvalue weighted by Crippen LogP contribution is -2.43. The highest BCUT2D eigenvalue weighted by Gasteiger charge is 2.27. The Morgan fingerprint density at radius 2 is 2.31 bits per heavy atom. The maximum Gasteiger partial charge on any atom is 0.222 e. The molecule has 16 heavy (non-hydrogen) atoms. The molecule has 3 N–H and O–H groups in total. The maximum absolute atomic E-state index is 13.6. The average molecular weight is 226 g/mol. The Kier molecular flexibility index (Phi) is 3.19. The summed E-state index contributed by atoms with van der Waals surface area (Å²) in [4.78, 5) is 9.26. The second-order valence-electron chi connectivity index (χ2n) is 3.90. The Labute approximate surface area is 93.1 Å². The van der Waals surface area contributed by atoms with E-state index in [1.807, 2.05) is 0 Å². The molecule has 1 saturated carbocycles. The van der Waals surface area contributed by atoms with Crippen molar-refractivity contribution in [1.82, 2.24) is 9.97 Å². The summed E-state index contributed by atoms with van der Waals surface area (Å²) in [7, 11) is 0. The highest BCUT2D eigenvalue weighted by molar-refractivity contribution is 5.44. The van der Waals surface area contributed by atoms with Crippen LogP contribution in [0.1, 0.15) is 19.3 Å². The Hall–Kier alpha value is -1.43. The second kappa shape index (κ2) is 4.61. The van der Waals surface area contributed by atoms with Crippen molar-refractivity contribution in [2.24, 2.45) is 0 Å². The SMILES string of the molecule is Nc1ncc(F)c(N(CCO)C2CCC2)n1. The summed E-state index contributed by atoms with van der Waals surface area (Å²) in [5.41, 5.74) is 5.44. The predicted octanol–water partition coefficient (Wildman–Crippen LogP) is 0.549. The summed E-state index contributed by atoms with van der Waals surface area (Å²) >= 11 is 0. The van der Waals surface area contributed by atoms with Crippen molar-refractivity contribution in [2.45, 2.75) is 25.3 Å². The number of aliphatic hydroxyl groups is 1. The standard InChI is InChI=1S/C10H15FN4O/c11-8-6-13-10(12)14-9(8)15(4-5-16)7-2-1-3-7/h6-7,16H,1-5H2,(H2,12,13,14). The van der Waals surface area contributed by atoms with Crippen LogP contribution in [-0.4, -0.2) is 34.3 Å². The molecular weight excluding hydrogens is 211 g/mol. The fourth-order valence-corrected chi connectivity index (χ4v) is 1.84. The number of aliphatic hydroxyl groups excluding tert-OH is 1. The largest absolute Gasteiger partial charge is 0.395 e. The van der Waals surface area contributed by atoms with E-state index in [0.717, 1.165) is 25.5 Å². The van der Waals surface area contributed by atoms with Gasteiger partial charge in [0.15, 0.2) is 11.6 Å². The van der Waals surface area contributed by atoms with Gasteiger partial charge in [-0.2, -0.15) is 4.98 Å². The number of halogens is 1. The molecule has 0 bridgehead atoms. The summed E-state index contributed by atoms with van der Waals surface area (Å²) in [6, 6.07) is 0.260. The molecule has 0 aliphatic heterocycles. The monoisotopic (exact) mass is 226 g/mol. The van der Waals surface area contributed by atoms with Crippen LogP contribution < -0.4 is 10.6 Å². The fraction of sp³-hybridized carbons (Fsp3) is 0.600. The van der Waals surface area contributed by atoms with E-state index < -0.39 is 5.82 Å². The molecule has 1 fully saturated rings. The third-order valence-corrected chi connectivity index (χ3v) is 2.87. The zero-order chi connectivity index (χ0) is 11.5. The van der Waals surface area contributed by atoms with Crippen molar-refractivity contribution in [2.75, 3.05) is 23.8 Å². The normalized spacial score (nSPS) is 15.9. The minimum absolute atomic E-state index is 0.0279. The van der Waals surface area contributed by atoms with Crippen LogP contribution in [0.2, 0.25) is 0 Å². The molecule has 0 amide bonds. The molecule has 1 aliphatic rings. The molecule has 0 radical (unpaired) electrons. The number of nitrogen functional groups attached to an aromatic ring is 1. The first kappa shape index (κ1) is 11.1. The number of nitrogens with zero attached hydrogens (tertiary/aromatic N) is 3. The third kappa shape index (κ3) is 2.06. The van der Waals surface area contributed by atoms with Gasteiger partial charge in [0.2, 0.25) is 5.95 Å². The van der Waals surface area contributed by atoms with Gasteiger partial charge in [0.1, 0.15) is 0 Å². The molecule has 1 aromatic heterocycles. The third-order valence-electron chi connectivity index (χ3n) is 2.87. The molecule has 88 valence electrons. The molecule has 2 rings (SSSR count). The van der Waals surface area contributed by atoms with Gasteiger partial charge < -0.3 is 15.7 Å².